The molecule has 136 valence electrons. The highest BCUT2D eigenvalue weighted by molar-refractivity contribution is 5.94. The van der Waals surface area contributed by atoms with E-state index in [0.717, 1.165) is 0 Å². The van der Waals surface area contributed by atoms with Gasteiger partial charge in [-0.25, -0.2) is 9.59 Å². The van der Waals surface area contributed by atoms with E-state index >= 15 is 0 Å². The third-order valence-corrected chi connectivity index (χ3v) is 4.68. The number of anilines is 1. The fourth-order valence-corrected chi connectivity index (χ4v) is 3.10. The van der Waals surface area contributed by atoms with Crippen molar-refractivity contribution in [2.24, 2.45) is 0 Å². The number of carbonyl (C=O) groups excluding carboxylic acids is 2. The van der Waals surface area contributed by atoms with Crippen LogP contribution >= 0.6 is 0 Å². The maximum Gasteiger partial charge on any atom is 0.423 e. The zero-order chi connectivity index (χ0) is 18.7. The molecule has 0 unspecified atom stereocenters. The fraction of sp³-hybridized carbons (Fsp3) is 0.350. The minimum atomic E-state index is -0.714. The van der Waals surface area contributed by atoms with Crippen LogP contribution in [0, 0.1) is 0 Å². The Morgan fingerprint density at radius 2 is 1.92 bits per heavy atom. The molecule has 1 saturated heterocycles. The van der Waals surface area contributed by atoms with Gasteiger partial charge in [0.1, 0.15) is 0 Å². The van der Waals surface area contributed by atoms with E-state index in [2.05, 4.69) is 31.0 Å². The van der Waals surface area contributed by atoms with Crippen molar-refractivity contribution >= 4 is 17.9 Å². The summed E-state index contributed by atoms with van der Waals surface area (Å²) in [4.78, 5) is 31.1. The van der Waals surface area contributed by atoms with Crippen LogP contribution in [0.1, 0.15) is 36.8 Å². The van der Waals surface area contributed by atoms with E-state index in [-0.39, 0.29) is 5.92 Å². The first kappa shape index (κ1) is 17.9. The molecule has 1 aromatic heterocycles. The van der Waals surface area contributed by atoms with Crippen LogP contribution in [0.25, 0.3) is 0 Å². The number of rotatable bonds is 3. The van der Waals surface area contributed by atoms with Gasteiger partial charge in [-0.2, -0.15) is 0 Å². The molecule has 1 aliphatic heterocycles. The monoisotopic (exact) mass is 353 g/mol. The second-order valence-electron chi connectivity index (χ2n) is 6.79. The third-order valence-electron chi connectivity index (χ3n) is 4.68. The average Bonchev–Trinajstić information content (AvgIpc) is 2.60. The van der Waals surface area contributed by atoms with E-state index in [1.165, 1.54) is 22.2 Å². The number of likely N-dealkylation sites (tertiary alicyclic amines) is 1. The van der Waals surface area contributed by atoms with Gasteiger partial charge >= 0.3 is 12.2 Å². The molecule has 3 rings (SSSR count). The molecule has 0 bridgehead atoms. The van der Waals surface area contributed by atoms with Crippen molar-refractivity contribution < 1.29 is 14.3 Å². The van der Waals surface area contributed by atoms with Crippen LogP contribution in [0.2, 0.25) is 0 Å². The van der Waals surface area contributed by atoms with E-state index in [4.69, 9.17) is 4.74 Å². The van der Waals surface area contributed by atoms with Crippen LogP contribution in [0.5, 0.6) is 0 Å². The Morgan fingerprint density at radius 1 is 1.19 bits per heavy atom. The number of hydrogen-bond donors (Lipinski definition) is 0. The van der Waals surface area contributed by atoms with E-state index in [1.54, 1.807) is 30.3 Å². The summed E-state index contributed by atoms with van der Waals surface area (Å²) in [5.74, 6) is 0.717. The Hall–Kier alpha value is -2.89. The molecule has 0 aliphatic carbocycles. The van der Waals surface area contributed by atoms with Gasteiger partial charge in [-0.3, -0.25) is 9.88 Å². The first-order chi connectivity index (χ1) is 12.5. The van der Waals surface area contributed by atoms with Crippen LogP contribution in [0.15, 0.2) is 48.8 Å². The fourth-order valence-electron chi connectivity index (χ4n) is 3.10. The van der Waals surface area contributed by atoms with Gasteiger partial charge in [-0.1, -0.05) is 38.1 Å². The van der Waals surface area contributed by atoms with Gasteiger partial charge in [0, 0.05) is 32.3 Å². The van der Waals surface area contributed by atoms with Gasteiger partial charge in [0.05, 0.1) is 11.9 Å². The predicted molar refractivity (Wildman–Crippen MR) is 99.4 cm³/mol. The molecule has 0 radical (unpaired) electrons. The standard InChI is InChI=1S/C20H23N3O3/c1-14(2)17-8-4-5-9-18(17)15-12-23(13-15)20(25)26-19(24)22(3)16-7-6-10-21-11-16/h4-11,14-15H,12-13H2,1-3H3. The first-order valence-corrected chi connectivity index (χ1v) is 8.70. The molecule has 1 aliphatic rings. The molecule has 26 heavy (non-hydrogen) atoms. The predicted octanol–water partition coefficient (Wildman–Crippen LogP) is 4.00. The molecule has 0 atom stereocenters. The zero-order valence-electron chi connectivity index (χ0n) is 15.3. The van der Waals surface area contributed by atoms with Crippen molar-refractivity contribution in [1.82, 2.24) is 9.88 Å². The molecule has 2 amide bonds. The van der Waals surface area contributed by atoms with Gasteiger partial charge in [0.2, 0.25) is 0 Å². The van der Waals surface area contributed by atoms with E-state index in [9.17, 15) is 9.59 Å². The number of ether oxygens (including phenoxy) is 1. The smallest absolute Gasteiger partial charge is 0.359 e. The minimum absolute atomic E-state index is 0.285. The Kier molecular flexibility index (Phi) is 5.21. The molecule has 0 saturated carbocycles. The molecular weight excluding hydrogens is 330 g/mol. The number of benzene rings is 1. The van der Waals surface area contributed by atoms with Crippen LogP contribution in [0.4, 0.5) is 15.3 Å². The van der Waals surface area contributed by atoms with Crippen molar-refractivity contribution in [1.29, 1.82) is 0 Å². The van der Waals surface area contributed by atoms with E-state index in [0.29, 0.717) is 24.7 Å². The van der Waals surface area contributed by atoms with Crippen LogP contribution in [-0.4, -0.2) is 42.2 Å². The van der Waals surface area contributed by atoms with Crippen LogP contribution in [-0.2, 0) is 4.74 Å². The molecule has 0 spiro atoms. The summed E-state index contributed by atoms with van der Waals surface area (Å²) in [6, 6.07) is 11.7. The lowest BCUT2D eigenvalue weighted by Crippen LogP contribution is -2.50. The second kappa shape index (κ2) is 7.56. The molecule has 0 N–H and O–H groups in total. The van der Waals surface area contributed by atoms with Gasteiger partial charge in [-0.05, 0) is 29.2 Å². The molecule has 2 aromatic rings. The number of nitrogens with zero attached hydrogens (tertiary/aromatic N) is 3. The largest absolute Gasteiger partial charge is 0.423 e. The quantitative estimate of drug-likeness (QED) is 0.783. The third kappa shape index (κ3) is 3.69. The maximum atomic E-state index is 12.2. The molecule has 2 heterocycles. The number of carbonyl (C=O) groups is 2. The Bertz CT molecular complexity index is 786. The molecular formula is C20H23N3O3. The Balaban J connectivity index is 1.56. The first-order valence-electron chi connectivity index (χ1n) is 8.70. The SMILES string of the molecule is CC(C)c1ccccc1C1CN(C(=O)OC(=O)N(C)c2cccnc2)C1. The number of aromatic nitrogens is 1. The molecule has 1 aromatic carbocycles. The van der Waals surface area contributed by atoms with Crippen molar-refractivity contribution in [2.45, 2.75) is 25.7 Å². The normalized spacial score (nSPS) is 14.1. The van der Waals surface area contributed by atoms with Gasteiger partial charge in [0.25, 0.3) is 0 Å². The number of pyridine rings is 1. The highest BCUT2D eigenvalue weighted by atomic mass is 16.6. The van der Waals surface area contributed by atoms with Gasteiger partial charge in [-0.15, -0.1) is 0 Å². The van der Waals surface area contributed by atoms with Crippen molar-refractivity contribution in [2.75, 3.05) is 25.0 Å². The lowest BCUT2D eigenvalue weighted by Gasteiger charge is -2.39. The zero-order valence-corrected chi connectivity index (χ0v) is 15.3. The lowest BCUT2D eigenvalue weighted by molar-refractivity contribution is 0.0907. The summed E-state index contributed by atoms with van der Waals surface area (Å²) in [7, 11) is 1.55. The summed E-state index contributed by atoms with van der Waals surface area (Å²) in [5.41, 5.74) is 3.14. The van der Waals surface area contributed by atoms with Gasteiger partial charge < -0.3 is 9.64 Å². The molecule has 6 heteroatoms. The van der Waals surface area contributed by atoms with Crippen molar-refractivity contribution in [3.05, 3.63) is 59.9 Å². The van der Waals surface area contributed by atoms with Crippen molar-refractivity contribution in [3.63, 3.8) is 0 Å². The van der Waals surface area contributed by atoms with Gasteiger partial charge in [0.15, 0.2) is 0 Å². The topological polar surface area (TPSA) is 62.7 Å². The van der Waals surface area contributed by atoms with Crippen molar-refractivity contribution in [3.8, 4) is 0 Å². The molecule has 1 fully saturated rings. The number of hydrogen-bond acceptors (Lipinski definition) is 4. The Labute approximate surface area is 153 Å². The summed E-state index contributed by atoms with van der Waals surface area (Å²) in [6.07, 6.45) is 1.83. The average molecular weight is 353 g/mol. The summed E-state index contributed by atoms with van der Waals surface area (Å²) in [5, 5.41) is 0. The summed E-state index contributed by atoms with van der Waals surface area (Å²) in [6.45, 7) is 5.45. The second-order valence-corrected chi connectivity index (χ2v) is 6.79. The maximum absolute atomic E-state index is 12.2. The van der Waals surface area contributed by atoms with E-state index < -0.39 is 12.2 Å². The minimum Gasteiger partial charge on any atom is -0.359 e. The summed E-state index contributed by atoms with van der Waals surface area (Å²) >= 11 is 0. The highest BCUT2D eigenvalue weighted by Gasteiger charge is 2.35. The van der Waals surface area contributed by atoms with Crippen LogP contribution < -0.4 is 4.90 Å². The lowest BCUT2D eigenvalue weighted by atomic mass is 9.85. The summed E-state index contributed by atoms with van der Waals surface area (Å²) < 4.78 is 4.98. The van der Waals surface area contributed by atoms with Crippen LogP contribution in [0.3, 0.4) is 0 Å². The Morgan fingerprint density at radius 3 is 2.58 bits per heavy atom. The highest BCUT2D eigenvalue weighted by Crippen LogP contribution is 2.33. The number of amides is 2. The van der Waals surface area contributed by atoms with E-state index in [1.807, 2.05) is 12.1 Å². The molecule has 6 nitrogen and oxygen atoms in total.